The van der Waals surface area contributed by atoms with Crippen LogP contribution in [0.5, 0.6) is 0 Å². The molecule has 5 nitrogen and oxygen atoms in total. The van der Waals surface area contributed by atoms with Gasteiger partial charge in [-0.1, -0.05) is 17.7 Å². The summed E-state index contributed by atoms with van der Waals surface area (Å²) < 4.78 is 45.0. The summed E-state index contributed by atoms with van der Waals surface area (Å²) in [5, 5.41) is 0.323. The molecule has 2 rings (SSSR count). The van der Waals surface area contributed by atoms with Crippen LogP contribution in [-0.4, -0.2) is 21.5 Å². The van der Waals surface area contributed by atoms with Crippen molar-refractivity contribution in [2.24, 2.45) is 0 Å². The molecule has 0 aliphatic carbocycles. The van der Waals surface area contributed by atoms with Gasteiger partial charge in [-0.25, -0.2) is 17.6 Å². The Bertz CT molecular complexity index is 823. The third-order valence-corrected chi connectivity index (χ3v) is 4.35. The molecule has 2 aromatic carbocycles. The highest BCUT2D eigenvalue weighted by atomic mass is 35.5. The van der Waals surface area contributed by atoms with Gasteiger partial charge < -0.3 is 4.74 Å². The van der Waals surface area contributed by atoms with Crippen LogP contribution in [0.2, 0.25) is 5.02 Å². The Morgan fingerprint density at radius 2 is 1.95 bits per heavy atom. The molecule has 0 aliphatic heterocycles. The van der Waals surface area contributed by atoms with Gasteiger partial charge in [0.2, 0.25) is 0 Å². The maximum atomic E-state index is 13.8. The first-order valence-electron chi connectivity index (χ1n) is 6.00. The molecule has 1 N–H and O–H groups in total. The van der Waals surface area contributed by atoms with Gasteiger partial charge in [-0.3, -0.25) is 4.72 Å². The topological polar surface area (TPSA) is 72.5 Å². The second kappa shape index (κ2) is 6.33. The SMILES string of the molecule is COC(=O)c1ccc(F)c(S(=O)(=O)Nc2cccc(Cl)c2)c1. The number of ether oxygens (including phenoxy) is 1. The maximum absolute atomic E-state index is 13.8. The van der Waals surface area contributed by atoms with Gasteiger partial charge in [0.25, 0.3) is 10.0 Å². The third-order valence-electron chi connectivity index (χ3n) is 2.72. The second-order valence-electron chi connectivity index (χ2n) is 4.25. The van der Waals surface area contributed by atoms with Crippen molar-refractivity contribution in [3.63, 3.8) is 0 Å². The minimum atomic E-state index is -4.22. The number of carbonyl (C=O) groups excluding carboxylic acids is 1. The van der Waals surface area contributed by atoms with E-state index >= 15 is 0 Å². The average Bonchev–Trinajstić information content (AvgIpc) is 2.46. The molecule has 0 bridgehead atoms. The zero-order valence-electron chi connectivity index (χ0n) is 11.3. The first-order valence-corrected chi connectivity index (χ1v) is 7.86. The van der Waals surface area contributed by atoms with Gasteiger partial charge in [-0.15, -0.1) is 0 Å². The Morgan fingerprint density at radius 1 is 1.23 bits per heavy atom. The number of carbonyl (C=O) groups is 1. The van der Waals surface area contributed by atoms with Crippen molar-refractivity contribution >= 4 is 33.3 Å². The molecule has 22 heavy (non-hydrogen) atoms. The van der Waals surface area contributed by atoms with E-state index in [-0.39, 0.29) is 11.3 Å². The molecule has 0 aromatic heterocycles. The predicted molar refractivity (Wildman–Crippen MR) is 80.0 cm³/mol. The van der Waals surface area contributed by atoms with E-state index in [1.807, 2.05) is 0 Å². The van der Waals surface area contributed by atoms with Crippen LogP contribution in [0.1, 0.15) is 10.4 Å². The quantitative estimate of drug-likeness (QED) is 0.866. The van der Waals surface area contributed by atoms with Crippen molar-refractivity contribution in [2.45, 2.75) is 4.90 Å². The minimum Gasteiger partial charge on any atom is -0.465 e. The van der Waals surface area contributed by atoms with Gasteiger partial charge in [0.15, 0.2) is 0 Å². The molecule has 0 heterocycles. The number of hydrogen-bond acceptors (Lipinski definition) is 4. The Balaban J connectivity index is 2.42. The van der Waals surface area contributed by atoms with Crippen molar-refractivity contribution in [3.8, 4) is 0 Å². The van der Waals surface area contributed by atoms with E-state index in [0.29, 0.717) is 5.02 Å². The van der Waals surface area contributed by atoms with Gasteiger partial charge in [-0.2, -0.15) is 0 Å². The highest BCUT2D eigenvalue weighted by molar-refractivity contribution is 7.92. The van der Waals surface area contributed by atoms with E-state index < -0.39 is 26.7 Å². The molecule has 8 heteroatoms. The van der Waals surface area contributed by atoms with E-state index in [9.17, 15) is 17.6 Å². The monoisotopic (exact) mass is 343 g/mol. The lowest BCUT2D eigenvalue weighted by Gasteiger charge is -2.10. The maximum Gasteiger partial charge on any atom is 0.337 e. The van der Waals surface area contributed by atoms with Crippen LogP contribution in [0, 0.1) is 5.82 Å². The summed E-state index contributed by atoms with van der Waals surface area (Å²) in [4.78, 5) is 10.8. The van der Waals surface area contributed by atoms with E-state index in [0.717, 1.165) is 25.3 Å². The average molecular weight is 344 g/mol. The normalized spacial score (nSPS) is 11.0. The molecule has 0 spiro atoms. The molecule has 0 radical (unpaired) electrons. The van der Waals surface area contributed by atoms with Gasteiger partial charge >= 0.3 is 5.97 Å². The number of halogens is 2. The summed E-state index contributed by atoms with van der Waals surface area (Å²) in [5.74, 6) is -1.75. The fourth-order valence-corrected chi connectivity index (χ4v) is 3.06. The van der Waals surface area contributed by atoms with E-state index in [2.05, 4.69) is 9.46 Å². The highest BCUT2D eigenvalue weighted by Gasteiger charge is 2.21. The summed E-state index contributed by atoms with van der Waals surface area (Å²) >= 11 is 5.77. The molecule has 0 saturated heterocycles. The molecule has 0 atom stereocenters. The number of rotatable bonds is 4. The summed E-state index contributed by atoms with van der Waals surface area (Å²) in [6.45, 7) is 0. The number of hydrogen-bond donors (Lipinski definition) is 1. The van der Waals surface area contributed by atoms with Crippen molar-refractivity contribution < 1.29 is 22.3 Å². The fourth-order valence-electron chi connectivity index (χ4n) is 1.72. The van der Waals surface area contributed by atoms with Crippen LogP contribution in [-0.2, 0) is 14.8 Å². The lowest BCUT2D eigenvalue weighted by atomic mass is 10.2. The zero-order valence-corrected chi connectivity index (χ0v) is 12.9. The van der Waals surface area contributed by atoms with Crippen LogP contribution in [0.3, 0.4) is 0 Å². The molecule has 0 aliphatic rings. The molecule has 0 amide bonds. The van der Waals surface area contributed by atoms with Crippen LogP contribution >= 0.6 is 11.6 Å². The number of anilines is 1. The Hall–Kier alpha value is -2.12. The zero-order chi connectivity index (χ0) is 16.3. The van der Waals surface area contributed by atoms with Crippen molar-refractivity contribution in [2.75, 3.05) is 11.8 Å². The highest BCUT2D eigenvalue weighted by Crippen LogP contribution is 2.22. The Morgan fingerprint density at radius 3 is 2.59 bits per heavy atom. The number of sulfonamides is 1. The van der Waals surface area contributed by atoms with Crippen molar-refractivity contribution in [3.05, 3.63) is 58.9 Å². The van der Waals surface area contributed by atoms with E-state index in [1.165, 1.54) is 12.1 Å². The first-order chi connectivity index (χ1) is 10.3. The van der Waals surface area contributed by atoms with Gasteiger partial charge in [0.05, 0.1) is 18.4 Å². The molecular formula is C14H11ClFNO4S. The van der Waals surface area contributed by atoms with Crippen LogP contribution in [0.15, 0.2) is 47.4 Å². The summed E-state index contributed by atoms with van der Waals surface area (Å²) in [6, 6.07) is 8.89. The molecule has 0 fully saturated rings. The molecule has 0 unspecified atom stereocenters. The number of esters is 1. The molecule has 2 aromatic rings. The fraction of sp³-hybridized carbons (Fsp3) is 0.0714. The van der Waals surface area contributed by atoms with Crippen LogP contribution < -0.4 is 4.72 Å². The number of nitrogens with one attached hydrogen (secondary N) is 1. The minimum absolute atomic E-state index is 0.0737. The predicted octanol–water partition coefficient (Wildman–Crippen LogP) is 3.07. The lowest BCUT2D eigenvalue weighted by Crippen LogP contribution is -2.15. The Labute approximate surface area is 131 Å². The van der Waals surface area contributed by atoms with Crippen LogP contribution in [0.4, 0.5) is 10.1 Å². The smallest absolute Gasteiger partial charge is 0.337 e. The second-order valence-corrected chi connectivity index (χ2v) is 6.34. The van der Waals surface area contributed by atoms with Crippen molar-refractivity contribution in [1.82, 2.24) is 0 Å². The van der Waals surface area contributed by atoms with Gasteiger partial charge in [-0.05, 0) is 36.4 Å². The van der Waals surface area contributed by atoms with Gasteiger partial charge in [0, 0.05) is 5.02 Å². The summed E-state index contributed by atoms with van der Waals surface area (Å²) in [5.41, 5.74) is 0.103. The number of methoxy groups -OCH3 is 1. The third kappa shape index (κ3) is 3.55. The lowest BCUT2D eigenvalue weighted by molar-refractivity contribution is 0.0600. The first kappa shape index (κ1) is 16.3. The standard InChI is InChI=1S/C14H11ClFNO4S/c1-21-14(18)9-5-6-12(16)13(7-9)22(19,20)17-11-4-2-3-10(15)8-11/h2-8,17H,1H3. The van der Waals surface area contributed by atoms with E-state index in [1.54, 1.807) is 12.1 Å². The van der Waals surface area contributed by atoms with Crippen molar-refractivity contribution in [1.29, 1.82) is 0 Å². The largest absolute Gasteiger partial charge is 0.465 e. The summed E-state index contributed by atoms with van der Waals surface area (Å²) in [7, 11) is -3.07. The molecular weight excluding hydrogens is 333 g/mol. The number of benzene rings is 2. The summed E-state index contributed by atoms with van der Waals surface area (Å²) in [6.07, 6.45) is 0. The van der Waals surface area contributed by atoms with E-state index in [4.69, 9.17) is 11.6 Å². The van der Waals surface area contributed by atoms with Crippen LogP contribution in [0.25, 0.3) is 0 Å². The molecule has 116 valence electrons. The van der Waals surface area contributed by atoms with Gasteiger partial charge in [0.1, 0.15) is 10.7 Å². The molecule has 0 saturated carbocycles. The Kier molecular flexibility index (Phi) is 4.68.